The van der Waals surface area contributed by atoms with E-state index in [1.807, 2.05) is 0 Å². The third-order valence-electron chi connectivity index (χ3n) is 1.30. The highest BCUT2D eigenvalue weighted by molar-refractivity contribution is 5.92. The summed E-state index contributed by atoms with van der Waals surface area (Å²) in [6, 6.07) is 1.69. The average molecular weight is 197 g/mol. The molecule has 0 radical (unpaired) electrons. The van der Waals surface area contributed by atoms with Crippen LogP contribution in [0.4, 0.5) is 0 Å². The largest absolute Gasteiger partial charge is 0.466 e. The molecule has 0 aliphatic heterocycles. The van der Waals surface area contributed by atoms with Gasteiger partial charge in [-0.3, -0.25) is 4.79 Å². The number of hydrogen-bond acceptors (Lipinski definition) is 5. The van der Waals surface area contributed by atoms with Crippen molar-refractivity contribution in [3.05, 3.63) is 11.6 Å². The Labute approximate surface area is 81.9 Å². The fourth-order valence-electron chi connectivity index (χ4n) is 0.690. The Morgan fingerprint density at radius 1 is 1.50 bits per heavy atom. The average Bonchev–Trinajstić information content (AvgIpc) is 2.16. The maximum absolute atomic E-state index is 10.9. The molecule has 0 saturated carbocycles. The van der Waals surface area contributed by atoms with E-state index in [1.165, 1.54) is 20.1 Å². The molecule has 14 heavy (non-hydrogen) atoms. The van der Waals surface area contributed by atoms with Crippen molar-refractivity contribution in [1.29, 1.82) is 5.26 Å². The van der Waals surface area contributed by atoms with E-state index >= 15 is 0 Å². The van der Waals surface area contributed by atoms with Crippen LogP contribution in [-0.4, -0.2) is 25.7 Å². The quantitative estimate of drug-likeness (QED) is 0.285. The van der Waals surface area contributed by atoms with Crippen LogP contribution in [0.25, 0.3) is 0 Å². The summed E-state index contributed by atoms with van der Waals surface area (Å²) in [4.78, 5) is 21.2. The summed E-state index contributed by atoms with van der Waals surface area (Å²) in [7, 11) is 1.19. The SMILES string of the molecule is COC(=O)C(C#N)=CCCOC(C)=O. The van der Waals surface area contributed by atoms with Gasteiger partial charge >= 0.3 is 11.9 Å². The second kappa shape index (κ2) is 6.66. The van der Waals surface area contributed by atoms with E-state index in [2.05, 4.69) is 9.47 Å². The van der Waals surface area contributed by atoms with Gasteiger partial charge in [-0.15, -0.1) is 0 Å². The highest BCUT2D eigenvalue weighted by Crippen LogP contribution is 1.98. The summed E-state index contributed by atoms with van der Waals surface area (Å²) in [5.41, 5.74) is -0.0837. The normalized spacial score (nSPS) is 10.2. The lowest BCUT2D eigenvalue weighted by Gasteiger charge is -1.98. The summed E-state index contributed by atoms with van der Waals surface area (Å²) in [6.45, 7) is 1.44. The van der Waals surface area contributed by atoms with Crippen molar-refractivity contribution in [2.45, 2.75) is 13.3 Å². The smallest absolute Gasteiger partial charge is 0.348 e. The first-order chi connectivity index (χ1) is 6.61. The zero-order valence-electron chi connectivity index (χ0n) is 8.07. The molecule has 0 bridgehead atoms. The van der Waals surface area contributed by atoms with E-state index in [4.69, 9.17) is 5.26 Å². The number of ether oxygens (including phenoxy) is 2. The van der Waals surface area contributed by atoms with Crippen molar-refractivity contribution < 1.29 is 19.1 Å². The molecular weight excluding hydrogens is 186 g/mol. The maximum Gasteiger partial charge on any atom is 0.348 e. The summed E-state index contributed by atoms with van der Waals surface area (Å²) < 4.78 is 8.95. The minimum absolute atomic E-state index is 0.0837. The maximum atomic E-state index is 10.9. The molecular formula is C9H11NO4. The topological polar surface area (TPSA) is 76.4 Å². The second-order valence-electron chi connectivity index (χ2n) is 2.35. The number of methoxy groups -OCH3 is 1. The van der Waals surface area contributed by atoms with E-state index in [9.17, 15) is 9.59 Å². The van der Waals surface area contributed by atoms with Crippen LogP contribution < -0.4 is 0 Å². The van der Waals surface area contributed by atoms with Crippen LogP contribution in [0.5, 0.6) is 0 Å². The Morgan fingerprint density at radius 2 is 2.14 bits per heavy atom. The lowest BCUT2D eigenvalue weighted by molar-refractivity contribution is -0.140. The molecule has 0 aliphatic rings. The summed E-state index contributed by atoms with van der Waals surface area (Å²) in [5, 5.41) is 8.51. The number of carbonyl (C=O) groups is 2. The summed E-state index contributed by atoms with van der Waals surface area (Å²) >= 11 is 0. The molecule has 0 spiro atoms. The van der Waals surface area contributed by atoms with Gasteiger partial charge in [0.15, 0.2) is 0 Å². The van der Waals surface area contributed by atoms with Crippen LogP contribution in [-0.2, 0) is 19.1 Å². The number of carbonyl (C=O) groups excluding carboxylic acids is 2. The molecule has 5 nitrogen and oxygen atoms in total. The molecule has 0 rings (SSSR count). The van der Waals surface area contributed by atoms with Crippen molar-refractivity contribution >= 4 is 11.9 Å². The molecule has 0 aliphatic carbocycles. The van der Waals surface area contributed by atoms with Crippen LogP contribution in [0.1, 0.15) is 13.3 Å². The Hall–Kier alpha value is -1.83. The highest BCUT2D eigenvalue weighted by atomic mass is 16.5. The highest BCUT2D eigenvalue weighted by Gasteiger charge is 2.07. The molecule has 0 aromatic rings. The van der Waals surface area contributed by atoms with Gasteiger partial charge in [0.2, 0.25) is 0 Å². The van der Waals surface area contributed by atoms with Gasteiger partial charge < -0.3 is 9.47 Å². The van der Waals surface area contributed by atoms with Gasteiger partial charge in [0, 0.05) is 13.3 Å². The zero-order chi connectivity index (χ0) is 11.0. The first-order valence-corrected chi connectivity index (χ1v) is 3.93. The number of nitriles is 1. The Bertz CT molecular complexity index is 288. The number of hydrogen-bond donors (Lipinski definition) is 0. The lowest BCUT2D eigenvalue weighted by atomic mass is 10.2. The van der Waals surface area contributed by atoms with Crippen molar-refractivity contribution in [3.8, 4) is 6.07 Å². The first-order valence-electron chi connectivity index (χ1n) is 3.93. The Balaban J connectivity index is 4.02. The van der Waals surface area contributed by atoms with E-state index in [0.717, 1.165) is 0 Å². The van der Waals surface area contributed by atoms with Crippen molar-refractivity contribution in [3.63, 3.8) is 0 Å². The van der Waals surface area contributed by atoms with E-state index < -0.39 is 11.9 Å². The van der Waals surface area contributed by atoms with Gasteiger partial charge in [0.1, 0.15) is 11.6 Å². The third-order valence-corrected chi connectivity index (χ3v) is 1.30. The molecule has 0 aromatic heterocycles. The standard InChI is InChI=1S/C9H11NO4/c1-7(11)14-5-3-4-8(6-10)9(12)13-2/h4H,3,5H2,1-2H3. The van der Waals surface area contributed by atoms with Gasteiger partial charge in [-0.2, -0.15) is 5.26 Å². The van der Waals surface area contributed by atoms with E-state index in [1.54, 1.807) is 6.07 Å². The zero-order valence-corrected chi connectivity index (χ0v) is 8.07. The lowest BCUT2D eigenvalue weighted by Crippen LogP contribution is -2.04. The van der Waals surface area contributed by atoms with Crippen molar-refractivity contribution in [1.82, 2.24) is 0 Å². The van der Waals surface area contributed by atoms with Gasteiger partial charge in [0.05, 0.1) is 13.7 Å². The molecule has 76 valence electrons. The van der Waals surface area contributed by atoms with Crippen LogP contribution >= 0.6 is 0 Å². The minimum atomic E-state index is -0.685. The van der Waals surface area contributed by atoms with E-state index in [0.29, 0.717) is 6.42 Å². The van der Waals surface area contributed by atoms with Crippen molar-refractivity contribution in [2.24, 2.45) is 0 Å². The molecule has 0 unspecified atom stereocenters. The van der Waals surface area contributed by atoms with Gasteiger partial charge in [0.25, 0.3) is 0 Å². The van der Waals surface area contributed by atoms with Gasteiger partial charge in [-0.05, 0) is 0 Å². The fraction of sp³-hybridized carbons (Fsp3) is 0.444. The number of rotatable bonds is 4. The molecule has 0 fully saturated rings. The van der Waals surface area contributed by atoms with E-state index in [-0.39, 0.29) is 12.2 Å². The summed E-state index contributed by atoms with van der Waals surface area (Å²) in [6.07, 6.45) is 1.69. The molecule has 0 saturated heterocycles. The predicted molar refractivity (Wildman–Crippen MR) is 47.0 cm³/mol. The molecule has 0 amide bonds. The van der Waals surface area contributed by atoms with Gasteiger partial charge in [-0.1, -0.05) is 6.08 Å². The molecule has 0 N–H and O–H groups in total. The van der Waals surface area contributed by atoms with Gasteiger partial charge in [-0.25, -0.2) is 4.79 Å². The Morgan fingerprint density at radius 3 is 2.57 bits per heavy atom. The number of nitrogens with zero attached hydrogens (tertiary/aromatic N) is 1. The Kier molecular flexibility index (Phi) is 5.79. The van der Waals surface area contributed by atoms with Crippen molar-refractivity contribution in [2.75, 3.05) is 13.7 Å². The summed E-state index contributed by atoms with van der Waals surface area (Å²) in [5.74, 6) is -1.08. The number of esters is 2. The minimum Gasteiger partial charge on any atom is -0.466 e. The molecule has 0 aromatic carbocycles. The van der Waals surface area contributed by atoms with Crippen LogP contribution in [0, 0.1) is 11.3 Å². The molecule has 0 atom stereocenters. The molecule has 0 heterocycles. The molecule has 5 heteroatoms. The van der Waals surface area contributed by atoms with Crippen LogP contribution in [0.15, 0.2) is 11.6 Å². The third kappa shape index (κ3) is 4.93. The van der Waals surface area contributed by atoms with Crippen LogP contribution in [0.3, 0.4) is 0 Å². The van der Waals surface area contributed by atoms with Crippen LogP contribution in [0.2, 0.25) is 0 Å². The second-order valence-corrected chi connectivity index (χ2v) is 2.35. The fourth-order valence-corrected chi connectivity index (χ4v) is 0.690. The predicted octanol–water partition coefficient (Wildman–Crippen LogP) is 0.563. The monoisotopic (exact) mass is 197 g/mol. The first kappa shape index (κ1) is 12.2.